The van der Waals surface area contributed by atoms with E-state index in [1.807, 2.05) is 13.8 Å². The molecule has 1 saturated carbocycles. The van der Waals surface area contributed by atoms with E-state index in [9.17, 15) is 8.78 Å². The van der Waals surface area contributed by atoms with Crippen LogP contribution < -0.4 is 0 Å². The summed E-state index contributed by atoms with van der Waals surface area (Å²) in [6, 6.07) is 0. The van der Waals surface area contributed by atoms with Crippen LogP contribution in [0.4, 0.5) is 8.78 Å². The van der Waals surface area contributed by atoms with Crippen LogP contribution in [0, 0.1) is 11.3 Å². The summed E-state index contributed by atoms with van der Waals surface area (Å²) in [4.78, 5) is 0. The van der Waals surface area contributed by atoms with Crippen LogP contribution in [0.1, 0.15) is 20.3 Å². The Hall–Kier alpha value is -0.400. The van der Waals surface area contributed by atoms with Gasteiger partial charge in [0.1, 0.15) is 0 Å². The van der Waals surface area contributed by atoms with Crippen LogP contribution in [-0.4, -0.2) is 0 Å². The Morgan fingerprint density at radius 3 is 2.11 bits per heavy atom. The minimum atomic E-state index is -1.57. The fourth-order valence-electron chi connectivity index (χ4n) is 0.810. The highest BCUT2D eigenvalue weighted by Crippen LogP contribution is 2.55. The van der Waals surface area contributed by atoms with Gasteiger partial charge < -0.3 is 0 Å². The summed E-state index contributed by atoms with van der Waals surface area (Å²) in [6.07, 6.45) is 0.222. The van der Waals surface area contributed by atoms with Crippen LogP contribution in [-0.2, 0) is 0 Å². The van der Waals surface area contributed by atoms with Crippen LogP contribution in [0.2, 0.25) is 0 Å². The summed E-state index contributed by atoms with van der Waals surface area (Å²) >= 11 is 0. The van der Waals surface area contributed by atoms with Crippen molar-refractivity contribution in [1.82, 2.24) is 0 Å². The van der Waals surface area contributed by atoms with Crippen LogP contribution >= 0.6 is 0 Å². The molecule has 1 rings (SSSR count). The van der Waals surface area contributed by atoms with E-state index in [-0.39, 0.29) is 5.41 Å². The molecular weight excluding hydrogens is 122 g/mol. The van der Waals surface area contributed by atoms with Crippen molar-refractivity contribution in [3.63, 3.8) is 0 Å². The Bertz CT molecular complexity index is 143. The molecule has 0 aromatic heterocycles. The first-order valence-electron chi connectivity index (χ1n) is 2.91. The minimum absolute atomic E-state index is 0.0590. The minimum Gasteiger partial charge on any atom is -0.174 e. The molecule has 0 nitrogen and oxygen atoms in total. The maximum Gasteiger partial charge on any atom is 0.266 e. The SMILES string of the molecule is CC1(C)C[C]1C=C(F)F. The van der Waals surface area contributed by atoms with Gasteiger partial charge in [-0.3, -0.25) is 0 Å². The van der Waals surface area contributed by atoms with Crippen LogP contribution in [0.25, 0.3) is 0 Å². The van der Waals surface area contributed by atoms with Crippen LogP contribution in [0.15, 0.2) is 12.2 Å². The topological polar surface area (TPSA) is 0 Å². The lowest BCUT2D eigenvalue weighted by Gasteiger charge is -1.93. The maximum atomic E-state index is 11.5. The molecule has 0 atom stereocenters. The number of hydrogen-bond acceptors (Lipinski definition) is 0. The molecule has 2 heteroatoms. The van der Waals surface area contributed by atoms with Crippen molar-refractivity contribution in [1.29, 1.82) is 0 Å². The van der Waals surface area contributed by atoms with E-state index < -0.39 is 6.08 Å². The number of halogens is 2. The predicted octanol–water partition coefficient (Wildman–Crippen LogP) is 2.77. The van der Waals surface area contributed by atoms with E-state index in [2.05, 4.69) is 0 Å². The summed E-state index contributed by atoms with van der Waals surface area (Å²) in [5, 5.41) is 0. The highest BCUT2D eigenvalue weighted by atomic mass is 19.3. The van der Waals surface area contributed by atoms with Crippen LogP contribution in [0.3, 0.4) is 0 Å². The van der Waals surface area contributed by atoms with E-state index in [1.54, 1.807) is 0 Å². The smallest absolute Gasteiger partial charge is 0.174 e. The van der Waals surface area contributed by atoms with Crippen molar-refractivity contribution in [2.24, 2.45) is 5.41 Å². The highest BCUT2D eigenvalue weighted by molar-refractivity contribution is 5.32. The summed E-state index contributed by atoms with van der Waals surface area (Å²) in [5.41, 5.74) is 0.0590. The van der Waals surface area contributed by atoms with Gasteiger partial charge in [-0.15, -0.1) is 0 Å². The number of rotatable bonds is 1. The standard InChI is InChI=1S/C7H9F2/c1-7(2)4-5(7)3-6(8)9/h3H,4H2,1-2H3. The largest absolute Gasteiger partial charge is 0.266 e. The van der Waals surface area contributed by atoms with Gasteiger partial charge >= 0.3 is 0 Å². The third-order valence-corrected chi connectivity index (χ3v) is 1.66. The van der Waals surface area contributed by atoms with Crippen molar-refractivity contribution < 1.29 is 8.78 Å². The fraction of sp³-hybridized carbons (Fsp3) is 0.571. The number of allylic oxidation sites excluding steroid dienone is 1. The van der Waals surface area contributed by atoms with Crippen molar-refractivity contribution >= 4 is 0 Å². The van der Waals surface area contributed by atoms with Gasteiger partial charge in [0.05, 0.1) is 0 Å². The second-order valence-corrected chi connectivity index (χ2v) is 3.02. The summed E-state index contributed by atoms with van der Waals surface area (Å²) in [6.45, 7) is 3.92. The Kier molecular flexibility index (Phi) is 1.34. The molecule has 9 heavy (non-hydrogen) atoms. The van der Waals surface area contributed by atoms with E-state index in [1.165, 1.54) is 0 Å². The van der Waals surface area contributed by atoms with E-state index in [0.29, 0.717) is 0 Å². The van der Waals surface area contributed by atoms with Gasteiger partial charge in [0, 0.05) is 5.92 Å². The average molecular weight is 131 g/mol. The molecule has 0 aliphatic heterocycles. The molecule has 0 amide bonds. The maximum absolute atomic E-state index is 11.5. The molecule has 1 radical (unpaired) electrons. The lowest BCUT2D eigenvalue weighted by atomic mass is 10.1. The van der Waals surface area contributed by atoms with Gasteiger partial charge in [-0.05, 0) is 17.9 Å². The predicted molar refractivity (Wildman–Crippen MR) is 31.9 cm³/mol. The molecule has 1 aliphatic rings. The first-order chi connectivity index (χ1) is 4.02. The molecule has 0 N–H and O–H groups in total. The van der Waals surface area contributed by atoms with Crippen molar-refractivity contribution in [3.8, 4) is 0 Å². The molecule has 1 aliphatic carbocycles. The quantitative estimate of drug-likeness (QED) is 0.513. The first kappa shape index (κ1) is 6.72. The molecular formula is C7H9F2. The normalized spacial score (nSPS) is 23.6. The zero-order chi connectivity index (χ0) is 7.07. The Labute approximate surface area is 53.6 Å². The molecule has 0 aromatic carbocycles. The zero-order valence-electron chi connectivity index (χ0n) is 5.54. The third kappa shape index (κ3) is 1.50. The summed E-state index contributed by atoms with van der Waals surface area (Å²) < 4.78 is 23.0. The molecule has 0 aromatic rings. The molecule has 0 unspecified atom stereocenters. The average Bonchev–Trinajstić information content (AvgIpc) is 2.10. The fourth-order valence-corrected chi connectivity index (χ4v) is 0.810. The summed E-state index contributed by atoms with van der Waals surface area (Å²) in [7, 11) is 0. The molecule has 0 spiro atoms. The Morgan fingerprint density at radius 1 is 1.56 bits per heavy atom. The first-order valence-corrected chi connectivity index (χ1v) is 2.91. The molecule has 1 fully saturated rings. The lowest BCUT2D eigenvalue weighted by Crippen LogP contribution is -1.84. The molecule has 0 bridgehead atoms. The van der Waals surface area contributed by atoms with Gasteiger partial charge in [0.2, 0.25) is 0 Å². The second-order valence-electron chi connectivity index (χ2n) is 3.02. The molecule has 0 heterocycles. The van der Waals surface area contributed by atoms with E-state index in [4.69, 9.17) is 0 Å². The van der Waals surface area contributed by atoms with Gasteiger partial charge in [-0.1, -0.05) is 13.8 Å². The Morgan fingerprint density at radius 2 is 2.00 bits per heavy atom. The Balaban J connectivity index is 2.45. The van der Waals surface area contributed by atoms with Crippen LogP contribution in [0.5, 0.6) is 0 Å². The van der Waals surface area contributed by atoms with E-state index >= 15 is 0 Å². The van der Waals surface area contributed by atoms with Crippen molar-refractivity contribution in [2.45, 2.75) is 20.3 Å². The third-order valence-electron chi connectivity index (χ3n) is 1.66. The molecule has 0 saturated heterocycles. The van der Waals surface area contributed by atoms with Crippen molar-refractivity contribution in [2.75, 3.05) is 0 Å². The van der Waals surface area contributed by atoms with E-state index in [0.717, 1.165) is 18.4 Å². The summed E-state index contributed by atoms with van der Waals surface area (Å²) in [5.74, 6) is 0.863. The second kappa shape index (κ2) is 1.79. The van der Waals surface area contributed by atoms with Gasteiger partial charge in [0.15, 0.2) is 0 Å². The number of hydrogen-bond donors (Lipinski definition) is 0. The van der Waals surface area contributed by atoms with Gasteiger partial charge in [0.25, 0.3) is 6.08 Å². The monoisotopic (exact) mass is 131 g/mol. The zero-order valence-corrected chi connectivity index (χ0v) is 5.54. The molecule has 51 valence electrons. The highest BCUT2D eigenvalue weighted by Gasteiger charge is 2.45. The van der Waals surface area contributed by atoms with Gasteiger partial charge in [-0.25, -0.2) is 0 Å². The lowest BCUT2D eigenvalue weighted by molar-refractivity contribution is 0.419. The van der Waals surface area contributed by atoms with Crippen molar-refractivity contribution in [3.05, 3.63) is 18.1 Å². The van der Waals surface area contributed by atoms with Gasteiger partial charge in [-0.2, -0.15) is 8.78 Å².